The first-order valence-corrected chi connectivity index (χ1v) is 3.40. The van der Waals surface area contributed by atoms with Crippen LogP contribution in [0.4, 0.5) is 0 Å². The van der Waals surface area contributed by atoms with E-state index < -0.39 is 0 Å². The van der Waals surface area contributed by atoms with Gasteiger partial charge in [0.1, 0.15) is 0 Å². The zero-order valence-corrected chi connectivity index (χ0v) is 5.22. The average Bonchev–Trinajstić information content (AvgIpc) is 2.55. The third kappa shape index (κ3) is 0.368. The van der Waals surface area contributed by atoms with Gasteiger partial charge in [-0.15, -0.1) is 0 Å². The predicted molar refractivity (Wildman–Crippen MR) is 31.4 cm³/mol. The largest absolute Gasteiger partial charge is 0.396 e. The van der Waals surface area contributed by atoms with Crippen molar-refractivity contribution in [3.63, 3.8) is 0 Å². The molecular weight excluding hydrogens is 100 g/mol. The van der Waals surface area contributed by atoms with Crippen molar-refractivity contribution in [1.82, 2.24) is 0 Å². The minimum absolute atomic E-state index is 0.435. The Labute approximate surface area is 49.7 Å². The van der Waals surface area contributed by atoms with Crippen molar-refractivity contribution in [2.45, 2.75) is 19.8 Å². The molecule has 0 aliphatic heterocycles. The highest BCUT2D eigenvalue weighted by atomic mass is 16.3. The van der Waals surface area contributed by atoms with E-state index in [1.807, 2.05) is 0 Å². The molecule has 2 fully saturated rings. The first-order chi connectivity index (χ1) is 3.79. The Morgan fingerprint density at radius 3 is 2.38 bits per heavy atom. The standard InChI is InChI=1S/C7H12O/c1-5-2-7(5)3-6(7)4-8/h5-6,8H,2-4H2,1H3/t5-,6+,7-/m1/s1. The Morgan fingerprint density at radius 1 is 1.62 bits per heavy atom. The molecule has 0 aromatic heterocycles. The molecule has 0 unspecified atom stereocenters. The summed E-state index contributed by atoms with van der Waals surface area (Å²) in [6, 6.07) is 0. The third-order valence-electron chi connectivity index (χ3n) is 3.01. The number of rotatable bonds is 1. The molecule has 0 amide bonds. The Balaban J connectivity index is 1.97. The normalized spacial score (nSPS) is 59.2. The summed E-state index contributed by atoms with van der Waals surface area (Å²) in [5.74, 6) is 1.62. The minimum atomic E-state index is 0.435. The first-order valence-electron chi connectivity index (χ1n) is 3.40. The van der Waals surface area contributed by atoms with Crippen LogP contribution in [0.2, 0.25) is 0 Å². The number of aliphatic hydroxyl groups is 1. The molecular formula is C7H12O. The first kappa shape index (κ1) is 4.80. The van der Waals surface area contributed by atoms with Gasteiger partial charge in [-0.1, -0.05) is 6.92 Å². The highest BCUT2D eigenvalue weighted by Gasteiger charge is 2.67. The molecule has 46 valence electrons. The molecule has 2 saturated carbocycles. The van der Waals surface area contributed by atoms with Crippen molar-refractivity contribution in [2.24, 2.45) is 17.3 Å². The van der Waals surface area contributed by atoms with Gasteiger partial charge in [0, 0.05) is 6.61 Å². The van der Waals surface area contributed by atoms with Crippen LogP contribution in [-0.4, -0.2) is 11.7 Å². The minimum Gasteiger partial charge on any atom is -0.396 e. The number of hydrogen-bond acceptors (Lipinski definition) is 1. The smallest absolute Gasteiger partial charge is 0.0464 e. The molecule has 2 aliphatic carbocycles. The molecule has 1 spiro atoms. The van der Waals surface area contributed by atoms with Crippen molar-refractivity contribution in [2.75, 3.05) is 6.61 Å². The Bertz CT molecular complexity index is 122. The van der Waals surface area contributed by atoms with Crippen molar-refractivity contribution >= 4 is 0 Å². The molecule has 3 atom stereocenters. The van der Waals surface area contributed by atoms with E-state index in [9.17, 15) is 0 Å². The fourth-order valence-electron chi connectivity index (χ4n) is 2.01. The van der Waals surface area contributed by atoms with Crippen LogP contribution in [0.1, 0.15) is 19.8 Å². The van der Waals surface area contributed by atoms with Crippen LogP contribution < -0.4 is 0 Å². The average molecular weight is 112 g/mol. The quantitative estimate of drug-likeness (QED) is 0.537. The molecule has 1 nitrogen and oxygen atoms in total. The van der Waals surface area contributed by atoms with Gasteiger partial charge in [0.15, 0.2) is 0 Å². The van der Waals surface area contributed by atoms with Crippen LogP contribution in [0, 0.1) is 17.3 Å². The van der Waals surface area contributed by atoms with Gasteiger partial charge in [-0.25, -0.2) is 0 Å². The molecule has 0 aromatic rings. The summed E-state index contributed by atoms with van der Waals surface area (Å²) >= 11 is 0. The maximum absolute atomic E-state index is 8.70. The van der Waals surface area contributed by atoms with E-state index in [2.05, 4.69) is 6.92 Å². The monoisotopic (exact) mass is 112 g/mol. The Kier molecular flexibility index (Phi) is 0.663. The Morgan fingerprint density at radius 2 is 2.25 bits per heavy atom. The van der Waals surface area contributed by atoms with Crippen molar-refractivity contribution in [3.8, 4) is 0 Å². The molecule has 2 rings (SSSR count). The van der Waals surface area contributed by atoms with E-state index in [0.717, 1.165) is 5.92 Å². The van der Waals surface area contributed by atoms with E-state index in [1.165, 1.54) is 12.8 Å². The molecule has 1 N–H and O–H groups in total. The fourth-order valence-corrected chi connectivity index (χ4v) is 2.01. The zero-order chi connectivity index (χ0) is 5.78. The summed E-state index contributed by atoms with van der Waals surface area (Å²) in [5.41, 5.74) is 0.675. The maximum atomic E-state index is 8.70. The van der Waals surface area contributed by atoms with E-state index in [-0.39, 0.29) is 0 Å². The van der Waals surface area contributed by atoms with E-state index in [4.69, 9.17) is 5.11 Å². The maximum Gasteiger partial charge on any atom is 0.0464 e. The molecule has 8 heavy (non-hydrogen) atoms. The lowest BCUT2D eigenvalue weighted by Gasteiger charge is -1.85. The van der Waals surface area contributed by atoms with Gasteiger partial charge in [-0.05, 0) is 30.1 Å². The zero-order valence-electron chi connectivity index (χ0n) is 5.22. The summed E-state index contributed by atoms with van der Waals surface area (Å²) in [6.07, 6.45) is 2.70. The second-order valence-corrected chi connectivity index (χ2v) is 3.42. The lowest BCUT2D eigenvalue weighted by atomic mass is 10.2. The predicted octanol–water partition coefficient (Wildman–Crippen LogP) is 1.02. The topological polar surface area (TPSA) is 20.2 Å². The van der Waals surface area contributed by atoms with Gasteiger partial charge in [-0.3, -0.25) is 0 Å². The lowest BCUT2D eigenvalue weighted by molar-refractivity contribution is 0.265. The van der Waals surface area contributed by atoms with Crippen LogP contribution in [-0.2, 0) is 0 Å². The molecule has 2 aliphatic rings. The van der Waals surface area contributed by atoms with Gasteiger partial charge in [0.2, 0.25) is 0 Å². The highest BCUT2D eigenvalue weighted by Crippen LogP contribution is 2.74. The molecule has 0 saturated heterocycles. The summed E-state index contributed by atoms with van der Waals surface area (Å²) in [4.78, 5) is 0. The summed E-state index contributed by atoms with van der Waals surface area (Å²) in [5, 5.41) is 8.70. The second kappa shape index (κ2) is 1.10. The highest BCUT2D eigenvalue weighted by molar-refractivity contribution is 5.16. The van der Waals surface area contributed by atoms with E-state index in [0.29, 0.717) is 17.9 Å². The van der Waals surface area contributed by atoms with Crippen LogP contribution in [0.15, 0.2) is 0 Å². The van der Waals surface area contributed by atoms with Gasteiger partial charge < -0.3 is 5.11 Å². The molecule has 1 heteroatoms. The fraction of sp³-hybridized carbons (Fsp3) is 1.00. The SMILES string of the molecule is C[C@@H]1C[C@@]12C[C@H]2CO. The van der Waals surface area contributed by atoms with Gasteiger partial charge in [0.25, 0.3) is 0 Å². The van der Waals surface area contributed by atoms with Crippen LogP contribution >= 0.6 is 0 Å². The van der Waals surface area contributed by atoms with Crippen molar-refractivity contribution in [3.05, 3.63) is 0 Å². The van der Waals surface area contributed by atoms with E-state index in [1.54, 1.807) is 0 Å². The molecule has 0 radical (unpaired) electrons. The van der Waals surface area contributed by atoms with Gasteiger partial charge in [-0.2, -0.15) is 0 Å². The van der Waals surface area contributed by atoms with Crippen LogP contribution in [0.25, 0.3) is 0 Å². The number of aliphatic hydroxyl groups excluding tert-OH is 1. The van der Waals surface area contributed by atoms with Crippen LogP contribution in [0.5, 0.6) is 0 Å². The molecule has 0 heterocycles. The van der Waals surface area contributed by atoms with E-state index >= 15 is 0 Å². The van der Waals surface area contributed by atoms with Crippen molar-refractivity contribution in [1.29, 1.82) is 0 Å². The molecule has 0 bridgehead atoms. The van der Waals surface area contributed by atoms with Crippen molar-refractivity contribution < 1.29 is 5.11 Å². The summed E-state index contributed by atoms with van der Waals surface area (Å²) in [6.45, 7) is 2.72. The van der Waals surface area contributed by atoms with Gasteiger partial charge in [0.05, 0.1) is 0 Å². The van der Waals surface area contributed by atoms with Crippen LogP contribution in [0.3, 0.4) is 0 Å². The third-order valence-corrected chi connectivity index (χ3v) is 3.01. The molecule has 0 aromatic carbocycles. The second-order valence-electron chi connectivity index (χ2n) is 3.42. The summed E-state index contributed by atoms with van der Waals surface area (Å²) in [7, 11) is 0. The summed E-state index contributed by atoms with van der Waals surface area (Å²) < 4.78 is 0. The number of hydrogen-bond donors (Lipinski definition) is 1. The van der Waals surface area contributed by atoms with Gasteiger partial charge >= 0.3 is 0 Å². The Hall–Kier alpha value is -0.0400. The lowest BCUT2D eigenvalue weighted by Crippen LogP contribution is -1.88.